The van der Waals surface area contributed by atoms with E-state index >= 15 is 0 Å². The van der Waals surface area contributed by atoms with Crippen LogP contribution in [0.2, 0.25) is 0 Å². The fourth-order valence-corrected chi connectivity index (χ4v) is 3.52. The number of nitro groups is 1. The second kappa shape index (κ2) is 7.47. The molecule has 6 heteroatoms. The number of non-ortho nitro benzene ring substituents is 1. The molecule has 26 heavy (non-hydrogen) atoms. The predicted octanol–water partition coefficient (Wildman–Crippen LogP) is 4.03. The summed E-state index contributed by atoms with van der Waals surface area (Å²) in [6, 6.07) is 13.4. The lowest BCUT2D eigenvalue weighted by molar-refractivity contribution is -0.384. The molecule has 6 nitrogen and oxygen atoms in total. The number of nitrogens with zero attached hydrogens (tertiary/aromatic N) is 1. The molecule has 0 amide bonds. The molecule has 0 aliphatic heterocycles. The predicted molar refractivity (Wildman–Crippen MR) is 95.7 cm³/mol. The smallest absolute Gasteiger partial charge is 0.309 e. The Kier molecular flexibility index (Phi) is 5.11. The maximum absolute atomic E-state index is 12.8. The second-order valence-corrected chi connectivity index (χ2v) is 6.41. The van der Waals surface area contributed by atoms with E-state index in [4.69, 9.17) is 4.74 Å². The lowest BCUT2D eigenvalue weighted by Gasteiger charge is -2.16. The summed E-state index contributed by atoms with van der Waals surface area (Å²) in [4.78, 5) is 34.9. The summed E-state index contributed by atoms with van der Waals surface area (Å²) in [7, 11) is 1.35. The first-order valence-corrected chi connectivity index (χ1v) is 8.48. The number of benzene rings is 2. The highest BCUT2D eigenvalue weighted by Crippen LogP contribution is 2.35. The Hall–Kier alpha value is -3.02. The van der Waals surface area contributed by atoms with Crippen molar-refractivity contribution in [2.75, 3.05) is 7.11 Å². The summed E-state index contributed by atoms with van der Waals surface area (Å²) in [5.41, 5.74) is 2.31. The molecule has 2 unspecified atom stereocenters. The van der Waals surface area contributed by atoms with E-state index in [0.29, 0.717) is 18.4 Å². The van der Waals surface area contributed by atoms with Gasteiger partial charge in [0.1, 0.15) is 0 Å². The van der Waals surface area contributed by atoms with Crippen LogP contribution in [-0.2, 0) is 9.53 Å². The molecule has 2 aromatic rings. The van der Waals surface area contributed by atoms with Gasteiger partial charge >= 0.3 is 5.97 Å². The van der Waals surface area contributed by atoms with Gasteiger partial charge in [-0.2, -0.15) is 0 Å². The van der Waals surface area contributed by atoms with Crippen molar-refractivity contribution in [1.82, 2.24) is 0 Å². The Morgan fingerprint density at radius 3 is 2.04 bits per heavy atom. The highest BCUT2D eigenvalue weighted by Gasteiger charge is 2.38. The van der Waals surface area contributed by atoms with Crippen LogP contribution < -0.4 is 0 Å². The van der Waals surface area contributed by atoms with Crippen LogP contribution in [0.15, 0.2) is 48.5 Å². The number of methoxy groups -OCH3 is 1. The van der Waals surface area contributed by atoms with Crippen LogP contribution in [0.1, 0.15) is 29.6 Å². The summed E-state index contributed by atoms with van der Waals surface area (Å²) in [5.74, 6) is -1.04. The molecule has 0 aromatic heterocycles. The zero-order valence-electron chi connectivity index (χ0n) is 14.4. The average molecular weight is 353 g/mol. The van der Waals surface area contributed by atoms with Crippen molar-refractivity contribution in [2.45, 2.75) is 19.3 Å². The molecular formula is C20H19NO5. The van der Waals surface area contributed by atoms with Crippen molar-refractivity contribution in [2.24, 2.45) is 11.8 Å². The molecule has 3 rings (SSSR count). The minimum Gasteiger partial charge on any atom is -0.469 e. The fourth-order valence-electron chi connectivity index (χ4n) is 3.52. The van der Waals surface area contributed by atoms with Crippen molar-refractivity contribution < 1.29 is 19.2 Å². The zero-order valence-corrected chi connectivity index (χ0v) is 14.4. The van der Waals surface area contributed by atoms with Crippen LogP contribution in [0.4, 0.5) is 5.69 Å². The Labute approximate surface area is 150 Å². The van der Waals surface area contributed by atoms with Gasteiger partial charge in [-0.3, -0.25) is 19.7 Å². The number of ether oxygens (including phenoxy) is 1. The molecule has 2 atom stereocenters. The van der Waals surface area contributed by atoms with E-state index in [1.54, 1.807) is 24.3 Å². The SMILES string of the molecule is COC(=O)C1CCCC1C(=O)c1ccc(-c2ccc([N+](=O)[O-])cc2)cc1. The number of carbonyl (C=O) groups excluding carboxylic acids is 2. The fraction of sp³-hybridized carbons (Fsp3) is 0.300. The summed E-state index contributed by atoms with van der Waals surface area (Å²) >= 11 is 0. The summed E-state index contributed by atoms with van der Waals surface area (Å²) in [5, 5.41) is 10.7. The first-order valence-electron chi connectivity index (χ1n) is 8.48. The highest BCUT2D eigenvalue weighted by molar-refractivity contribution is 6.00. The van der Waals surface area contributed by atoms with Gasteiger partial charge in [-0.05, 0) is 36.1 Å². The van der Waals surface area contributed by atoms with Gasteiger partial charge in [-0.15, -0.1) is 0 Å². The molecule has 1 fully saturated rings. The molecule has 1 aliphatic carbocycles. The molecule has 1 saturated carbocycles. The number of carbonyl (C=O) groups is 2. The van der Waals surface area contributed by atoms with Crippen molar-refractivity contribution in [1.29, 1.82) is 0 Å². The molecule has 0 bridgehead atoms. The first-order chi connectivity index (χ1) is 12.5. The van der Waals surface area contributed by atoms with Crippen molar-refractivity contribution >= 4 is 17.4 Å². The van der Waals surface area contributed by atoms with E-state index in [9.17, 15) is 19.7 Å². The van der Waals surface area contributed by atoms with Crippen LogP contribution in [-0.4, -0.2) is 23.8 Å². The number of rotatable bonds is 5. The maximum atomic E-state index is 12.8. The first kappa shape index (κ1) is 17.8. The van der Waals surface area contributed by atoms with Gasteiger partial charge in [0.05, 0.1) is 18.0 Å². The number of Topliss-reactive ketones (excluding diaryl/α,β-unsaturated/α-hetero) is 1. The highest BCUT2D eigenvalue weighted by atomic mass is 16.6. The summed E-state index contributed by atoms with van der Waals surface area (Å²) < 4.78 is 4.81. The quantitative estimate of drug-likeness (QED) is 0.350. The van der Waals surface area contributed by atoms with E-state index in [-0.39, 0.29) is 29.3 Å². The molecule has 2 aromatic carbocycles. The number of hydrogen-bond donors (Lipinski definition) is 0. The normalized spacial score (nSPS) is 19.1. The third kappa shape index (κ3) is 3.49. The lowest BCUT2D eigenvalue weighted by Crippen LogP contribution is -2.26. The van der Waals surface area contributed by atoms with E-state index in [1.165, 1.54) is 19.2 Å². The van der Waals surface area contributed by atoms with Gasteiger partial charge < -0.3 is 4.74 Å². The van der Waals surface area contributed by atoms with E-state index in [0.717, 1.165) is 17.5 Å². The molecule has 0 spiro atoms. The van der Waals surface area contributed by atoms with Gasteiger partial charge in [0.2, 0.25) is 0 Å². The Morgan fingerprint density at radius 1 is 0.962 bits per heavy atom. The molecular weight excluding hydrogens is 334 g/mol. The topological polar surface area (TPSA) is 86.5 Å². The molecule has 0 radical (unpaired) electrons. The molecule has 0 saturated heterocycles. The van der Waals surface area contributed by atoms with Crippen LogP contribution in [0, 0.1) is 22.0 Å². The van der Waals surface area contributed by atoms with Gasteiger partial charge in [-0.25, -0.2) is 0 Å². The van der Waals surface area contributed by atoms with Crippen LogP contribution in [0.25, 0.3) is 11.1 Å². The second-order valence-electron chi connectivity index (χ2n) is 6.41. The van der Waals surface area contributed by atoms with Gasteiger partial charge in [0.25, 0.3) is 5.69 Å². The van der Waals surface area contributed by atoms with Crippen molar-refractivity contribution in [3.05, 3.63) is 64.2 Å². The van der Waals surface area contributed by atoms with Crippen LogP contribution in [0.5, 0.6) is 0 Å². The van der Waals surface area contributed by atoms with Crippen LogP contribution >= 0.6 is 0 Å². The lowest BCUT2D eigenvalue weighted by atomic mass is 9.88. The van der Waals surface area contributed by atoms with Crippen molar-refractivity contribution in [3.8, 4) is 11.1 Å². The van der Waals surface area contributed by atoms with E-state index < -0.39 is 4.92 Å². The largest absolute Gasteiger partial charge is 0.469 e. The minimum atomic E-state index is -0.440. The number of nitro benzene ring substituents is 1. The number of esters is 1. The van der Waals surface area contributed by atoms with Crippen molar-refractivity contribution in [3.63, 3.8) is 0 Å². The third-order valence-electron chi connectivity index (χ3n) is 4.94. The standard InChI is InChI=1S/C20H19NO5/c1-26-20(23)18-4-2-3-17(18)19(22)15-7-5-13(6-8-15)14-9-11-16(12-10-14)21(24)25/h5-12,17-18H,2-4H2,1H3. The maximum Gasteiger partial charge on any atom is 0.309 e. The van der Waals surface area contributed by atoms with Gasteiger partial charge in [0, 0.05) is 23.6 Å². The Balaban J connectivity index is 1.77. The molecule has 1 aliphatic rings. The zero-order chi connectivity index (χ0) is 18.7. The Bertz CT molecular complexity index is 826. The number of ketones is 1. The summed E-state index contributed by atoms with van der Waals surface area (Å²) in [6.07, 6.45) is 2.23. The molecule has 134 valence electrons. The Morgan fingerprint density at radius 2 is 1.50 bits per heavy atom. The van der Waals surface area contributed by atoms with Gasteiger partial charge in [0.15, 0.2) is 5.78 Å². The summed E-state index contributed by atoms with van der Waals surface area (Å²) in [6.45, 7) is 0. The monoisotopic (exact) mass is 353 g/mol. The molecule has 0 heterocycles. The van der Waals surface area contributed by atoms with Gasteiger partial charge in [-0.1, -0.05) is 30.7 Å². The third-order valence-corrected chi connectivity index (χ3v) is 4.94. The average Bonchev–Trinajstić information content (AvgIpc) is 3.17. The van der Waals surface area contributed by atoms with Crippen LogP contribution in [0.3, 0.4) is 0 Å². The number of hydrogen-bond acceptors (Lipinski definition) is 5. The minimum absolute atomic E-state index is 0.0341. The van der Waals surface area contributed by atoms with E-state index in [2.05, 4.69) is 0 Å². The molecule has 0 N–H and O–H groups in total. The van der Waals surface area contributed by atoms with E-state index in [1.807, 2.05) is 12.1 Å².